The van der Waals surface area contributed by atoms with E-state index in [9.17, 15) is 9.90 Å². The molecule has 4 nitrogen and oxygen atoms in total. The van der Waals surface area contributed by atoms with Gasteiger partial charge in [-0.1, -0.05) is 24.3 Å². The van der Waals surface area contributed by atoms with Crippen LogP contribution in [0.4, 0.5) is 0 Å². The van der Waals surface area contributed by atoms with E-state index in [1.165, 1.54) is 11.1 Å². The summed E-state index contributed by atoms with van der Waals surface area (Å²) in [5, 5.41) is 9.54. The first-order valence-corrected chi connectivity index (χ1v) is 6.78. The van der Waals surface area contributed by atoms with Gasteiger partial charge in [-0.2, -0.15) is 0 Å². The molecule has 102 valence electrons. The molecule has 3 rings (SSSR count). The predicted molar refractivity (Wildman–Crippen MR) is 70.8 cm³/mol. The number of likely N-dealkylation sites (tertiary alicyclic amines) is 1. The number of carboxylic acids is 1. The number of hydrogen-bond donors (Lipinski definition) is 1. The molecule has 0 saturated carbocycles. The molecule has 0 aromatic heterocycles. The van der Waals surface area contributed by atoms with Crippen LogP contribution in [0.15, 0.2) is 24.3 Å². The van der Waals surface area contributed by atoms with Gasteiger partial charge in [0, 0.05) is 6.54 Å². The molecule has 0 spiro atoms. The Morgan fingerprint density at radius 3 is 3.05 bits per heavy atom. The Bertz CT molecular complexity index is 502. The van der Waals surface area contributed by atoms with Gasteiger partial charge in [0.25, 0.3) is 0 Å². The largest absolute Gasteiger partial charge is 0.480 e. The van der Waals surface area contributed by atoms with Crippen LogP contribution < -0.4 is 0 Å². The van der Waals surface area contributed by atoms with Gasteiger partial charge in [-0.05, 0) is 30.9 Å². The fraction of sp³-hybridized carbons (Fsp3) is 0.533. The Hall–Kier alpha value is -1.39. The minimum Gasteiger partial charge on any atom is -0.480 e. The average Bonchev–Trinajstić information content (AvgIpc) is 2.81. The first-order valence-electron chi connectivity index (χ1n) is 6.78. The maximum absolute atomic E-state index is 11.6. The molecule has 2 aliphatic rings. The number of hydrogen-bond acceptors (Lipinski definition) is 3. The average molecular weight is 261 g/mol. The summed E-state index contributed by atoms with van der Waals surface area (Å²) < 4.78 is 5.66. The number of ether oxygens (including phenoxy) is 1. The Labute approximate surface area is 113 Å². The minimum atomic E-state index is -0.765. The molecular formula is C15H19NO3. The van der Waals surface area contributed by atoms with Crippen LogP contribution in [-0.2, 0) is 16.1 Å². The van der Waals surface area contributed by atoms with Crippen LogP contribution in [0.2, 0.25) is 0 Å². The van der Waals surface area contributed by atoms with E-state index < -0.39 is 11.5 Å². The van der Waals surface area contributed by atoms with Crippen molar-refractivity contribution in [3.63, 3.8) is 0 Å². The highest BCUT2D eigenvalue weighted by atomic mass is 16.5. The summed E-state index contributed by atoms with van der Waals surface area (Å²) in [5.74, 6) is -0.729. The summed E-state index contributed by atoms with van der Waals surface area (Å²) in [6.45, 7) is 3.87. The van der Waals surface area contributed by atoms with Crippen molar-refractivity contribution in [2.45, 2.75) is 38.0 Å². The lowest BCUT2D eigenvalue weighted by atomic mass is 9.92. The zero-order valence-electron chi connectivity index (χ0n) is 11.1. The molecule has 2 heterocycles. The summed E-state index contributed by atoms with van der Waals surface area (Å²) in [6.07, 6.45) is 1.64. The van der Waals surface area contributed by atoms with Crippen molar-refractivity contribution in [1.29, 1.82) is 0 Å². The maximum Gasteiger partial charge on any atom is 0.323 e. The zero-order chi connectivity index (χ0) is 13.5. The SMILES string of the molecule is CC1(C(=O)O)CCCN1C1COCc2ccccc21. The third-order valence-corrected chi connectivity index (χ3v) is 4.48. The van der Waals surface area contributed by atoms with E-state index in [2.05, 4.69) is 17.0 Å². The normalized spacial score (nSPS) is 31.1. The number of rotatable bonds is 2. The third kappa shape index (κ3) is 1.95. The number of carbonyl (C=O) groups is 1. The Balaban J connectivity index is 1.97. The lowest BCUT2D eigenvalue weighted by Crippen LogP contribution is -2.51. The summed E-state index contributed by atoms with van der Waals surface area (Å²) in [6, 6.07) is 8.25. The van der Waals surface area contributed by atoms with Crippen molar-refractivity contribution in [3.8, 4) is 0 Å². The molecule has 2 atom stereocenters. The summed E-state index contributed by atoms with van der Waals surface area (Å²) in [5.41, 5.74) is 1.64. The van der Waals surface area contributed by atoms with E-state index in [1.807, 2.05) is 19.1 Å². The van der Waals surface area contributed by atoms with Gasteiger partial charge in [0.15, 0.2) is 0 Å². The van der Waals surface area contributed by atoms with Crippen molar-refractivity contribution in [2.24, 2.45) is 0 Å². The molecule has 1 aromatic carbocycles. The summed E-state index contributed by atoms with van der Waals surface area (Å²) in [7, 11) is 0. The molecule has 2 unspecified atom stereocenters. The van der Waals surface area contributed by atoms with Crippen LogP contribution in [0, 0.1) is 0 Å². The fourth-order valence-electron chi connectivity index (χ4n) is 3.33. The maximum atomic E-state index is 11.6. The third-order valence-electron chi connectivity index (χ3n) is 4.48. The van der Waals surface area contributed by atoms with Crippen molar-refractivity contribution in [2.75, 3.05) is 13.2 Å². The van der Waals surface area contributed by atoms with Crippen molar-refractivity contribution in [3.05, 3.63) is 35.4 Å². The van der Waals surface area contributed by atoms with Crippen LogP contribution in [0.3, 0.4) is 0 Å². The standard InChI is InChI=1S/C15H19NO3/c1-15(14(17)18)7-4-8-16(15)13-10-19-9-11-5-2-3-6-12(11)13/h2-3,5-6,13H,4,7-10H2,1H3,(H,17,18). The van der Waals surface area contributed by atoms with Crippen molar-refractivity contribution < 1.29 is 14.6 Å². The Kier molecular flexibility index (Phi) is 3.07. The molecule has 1 aromatic rings. The van der Waals surface area contributed by atoms with Gasteiger partial charge in [-0.25, -0.2) is 0 Å². The highest BCUT2D eigenvalue weighted by Crippen LogP contribution is 2.39. The number of benzene rings is 1. The van der Waals surface area contributed by atoms with Crippen LogP contribution in [-0.4, -0.2) is 34.7 Å². The molecule has 19 heavy (non-hydrogen) atoms. The first-order chi connectivity index (χ1) is 9.13. The van der Waals surface area contributed by atoms with Gasteiger partial charge in [0.1, 0.15) is 5.54 Å². The zero-order valence-corrected chi connectivity index (χ0v) is 11.1. The van der Waals surface area contributed by atoms with Crippen LogP contribution >= 0.6 is 0 Å². The van der Waals surface area contributed by atoms with E-state index in [-0.39, 0.29) is 6.04 Å². The van der Waals surface area contributed by atoms with Gasteiger partial charge in [0.05, 0.1) is 19.3 Å². The van der Waals surface area contributed by atoms with Gasteiger partial charge >= 0.3 is 5.97 Å². The lowest BCUT2D eigenvalue weighted by molar-refractivity contribution is -0.151. The molecule has 0 radical (unpaired) electrons. The van der Waals surface area contributed by atoms with Crippen molar-refractivity contribution >= 4 is 5.97 Å². The van der Waals surface area contributed by atoms with E-state index in [0.717, 1.165) is 13.0 Å². The fourth-order valence-corrected chi connectivity index (χ4v) is 3.33. The molecule has 1 saturated heterocycles. The minimum absolute atomic E-state index is 0.0635. The Morgan fingerprint density at radius 2 is 2.26 bits per heavy atom. The molecule has 0 aliphatic carbocycles. The monoisotopic (exact) mass is 261 g/mol. The lowest BCUT2D eigenvalue weighted by Gasteiger charge is -2.40. The summed E-state index contributed by atoms with van der Waals surface area (Å²) in [4.78, 5) is 13.7. The second kappa shape index (κ2) is 4.62. The van der Waals surface area contributed by atoms with Crippen LogP contribution in [0.1, 0.15) is 36.9 Å². The summed E-state index contributed by atoms with van der Waals surface area (Å²) >= 11 is 0. The Morgan fingerprint density at radius 1 is 1.47 bits per heavy atom. The number of fused-ring (bicyclic) bond motifs is 1. The second-order valence-electron chi connectivity index (χ2n) is 5.61. The number of nitrogens with zero attached hydrogens (tertiary/aromatic N) is 1. The van der Waals surface area contributed by atoms with E-state index in [4.69, 9.17) is 4.74 Å². The highest BCUT2D eigenvalue weighted by Gasteiger charge is 2.47. The first kappa shape index (κ1) is 12.6. The number of carboxylic acid groups (broad SMARTS) is 1. The highest BCUT2D eigenvalue weighted by molar-refractivity contribution is 5.78. The predicted octanol–water partition coefficient (Wildman–Crippen LogP) is 2.20. The van der Waals surface area contributed by atoms with Gasteiger partial charge in [-0.15, -0.1) is 0 Å². The van der Waals surface area contributed by atoms with Crippen LogP contribution in [0.25, 0.3) is 0 Å². The van der Waals surface area contributed by atoms with Gasteiger partial charge in [0.2, 0.25) is 0 Å². The molecule has 4 heteroatoms. The molecule has 1 N–H and O–H groups in total. The second-order valence-corrected chi connectivity index (χ2v) is 5.61. The van der Waals surface area contributed by atoms with Crippen molar-refractivity contribution in [1.82, 2.24) is 4.90 Å². The smallest absolute Gasteiger partial charge is 0.323 e. The topological polar surface area (TPSA) is 49.8 Å². The number of aliphatic carboxylic acids is 1. The molecular weight excluding hydrogens is 242 g/mol. The molecule has 1 fully saturated rings. The van der Waals surface area contributed by atoms with E-state index in [1.54, 1.807) is 0 Å². The van der Waals surface area contributed by atoms with Gasteiger partial charge in [-0.3, -0.25) is 9.69 Å². The van der Waals surface area contributed by atoms with Crippen LogP contribution in [0.5, 0.6) is 0 Å². The van der Waals surface area contributed by atoms with E-state index >= 15 is 0 Å². The molecule has 0 amide bonds. The molecule has 0 bridgehead atoms. The van der Waals surface area contributed by atoms with E-state index in [0.29, 0.717) is 19.6 Å². The quantitative estimate of drug-likeness (QED) is 0.886. The molecule has 2 aliphatic heterocycles. The van der Waals surface area contributed by atoms with Gasteiger partial charge < -0.3 is 9.84 Å².